The molecule has 144 valence electrons. The van der Waals surface area contributed by atoms with Crippen molar-refractivity contribution in [1.29, 1.82) is 0 Å². The van der Waals surface area contributed by atoms with Crippen LogP contribution < -0.4 is 0 Å². The van der Waals surface area contributed by atoms with Gasteiger partial charge in [-0.1, -0.05) is 97.8 Å². The van der Waals surface area contributed by atoms with Gasteiger partial charge in [0.2, 0.25) is 0 Å². The molecule has 1 heterocycles. The third-order valence-electron chi connectivity index (χ3n) is 5.46. The SMILES string of the molecule is C=CCn1c(SC(c2ccccc2)c2ccccc2)nnc1C1CCCCC1. The second-order valence-corrected chi connectivity index (χ2v) is 8.47. The Morgan fingerprint density at radius 3 is 2.11 bits per heavy atom. The average Bonchev–Trinajstić information content (AvgIpc) is 3.16. The fourth-order valence-corrected chi connectivity index (χ4v) is 5.22. The summed E-state index contributed by atoms with van der Waals surface area (Å²) in [6, 6.07) is 21.3. The maximum absolute atomic E-state index is 4.64. The Balaban J connectivity index is 1.68. The summed E-state index contributed by atoms with van der Waals surface area (Å²) in [5, 5.41) is 10.4. The van der Waals surface area contributed by atoms with Crippen LogP contribution in [-0.4, -0.2) is 14.8 Å². The van der Waals surface area contributed by atoms with E-state index in [0.717, 1.165) is 17.5 Å². The zero-order valence-electron chi connectivity index (χ0n) is 16.2. The van der Waals surface area contributed by atoms with Gasteiger partial charge in [-0.15, -0.1) is 16.8 Å². The van der Waals surface area contributed by atoms with Gasteiger partial charge >= 0.3 is 0 Å². The van der Waals surface area contributed by atoms with Crippen LogP contribution in [0.5, 0.6) is 0 Å². The van der Waals surface area contributed by atoms with Crippen LogP contribution in [0.15, 0.2) is 78.5 Å². The molecule has 3 aromatic rings. The predicted molar refractivity (Wildman–Crippen MR) is 117 cm³/mol. The van der Waals surface area contributed by atoms with Crippen LogP contribution in [0.4, 0.5) is 0 Å². The van der Waals surface area contributed by atoms with E-state index in [1.807, 2.05) is 6.08 Å². The zero-order valence-corrected chi connectivity index (χ0v) is 17.0. The normalized spacial score (nSPS) is 15.0. The van der Waals surface area contributed by atoms with Crippen LogP contribution >= 0.6 is 11.8 Å². The minimum absolute atomic E-state index is 0.189. The molecular formula is C24H27N3S. The second-order valence-electron chi connectivity index (χ2n) is 7.39. The summed E-state index contributed by atoms with van der Waals surface area (Å²) in [7, 11) is 0. The Bertz CT molecular complexity index is 843. The van der Waals surface area contributed by atoms with Gasteiger partial charge in [0.05, 0.1) is 5.25 Å². The Hall–Kier alpha value is -2.33. The molecule has 1 aliphatic rings. The molecule has 0 bridgehead atoms. The number of rotatable bonds is 7. The van der Waals surface area contributed by atoms with Gasteiger partial charge in [0, 0.05) is 12.5 Å². The molecule has 0 amide bonds. The number of aromatic nitrogens is 3. The van der Waals surface area contributed by atoms with Crippen LogP contribution in [0.25, 0.3) is 0 Å². The highest BCUT2D eigenvalue weighted by Gasteiger charge is 2.25. The lowest BCUT2D eigenvalue weighted by Crippen LogP contribution is -2.12. The zero-order chi connectivity index (χ0) is 19.2. The first kappa shape index (κ1) is 19.0. The van der Waals surface area contributed by atoms with E-state index in [2.05, 4.69) is 82.0 Å². The van der Waals surface area contributed by atoms with Gasteiger partial charge in [0.15, 0.2) is 5.16 Å². The molecule has 28 heavy (non-hydrogen) atoms. The highest BCUT2D eigenvalue weighted by Crippen LogP contribution is 2.41. The van der Waals surface area contributed by atoms with Crippen LogP contribution in [-0.2, 0) is 6.54 Å². The molecule has 1 aliphatic carbocycles. The Morgan fingerprint density at radius 2 is 1.54 bits per heavy atom. The third-order valence-corrected chi connectivity index (χ3v) is 6.75. The summed E-state index contributed by atoms with van der Waals surface area (Å²) in [4.78, 5) is 0. The predicted octanol–water partition coefficient (Wildman–Crippen LogP) is 6.39. The van der Waals surface area contributed by atoms with E-state index in [1.54, 1.807) is 11.8 Å². The topological polar surface area (TPSA) is 30.7 Å². The van der Waals surface area contributed by atoms with E-state index in [0.29, 0.717) is 5.92 Å². The van der Waals surface area contributed by atoms with Gasteiger partial charge in [0.1, 0.15) is 5.82 Å². The summed E-state index contributed by atoms with van der Waals surface area (Å²) in [5.41, 5.74) is 2.57. The standard InChI is InChI=1S/C24H27N3S/c1-2-18-27-23(21-16-10-5-11-17-21)25-26-24(27)28-22(19-12-6-3-7-13-19)20-14-8-4-9-15-20/h2-4,6-9,12-15,21-22H,1,5,10-11,16-18H2. The van der Waals surface area contributed by atoms with Crippen LogP contribution in [0.3, 0.4) is 0 Å². The molecule has 0 saturated heterocycles. The third kappa shape index (κ3) is 4.22. The van der Waals surface area contributed by atoms with Gasteiger partial charge in [-0.3, -0.25) is 0 Å². The molecule has 1 aromatic heterocycles. The van der Waals surface area contributed by atoms with Crippen molar-refractivity contribution in [1.82, 2.24) is 14.8 Å². The molecule has 1 fully saturated rings. The quantitative estimate of drug-likeness (QED) is 0.346. The smallest absolute Gasteiger partial charge is 0.192 e. The number of hydrogen-bond donors (Lipinski definition) is 0. The first-order valence-electron chi connectivity index (χ1n) is 10.2. The maximum Gasteiger partial charge on any atom is 0.192 e. The van der Waals surface area contributed by atoms with E-state index in [-0.39, 0.29) is 5.25 Å². The number of thioether (sulfide) groups is 1. The van der Waals surface area contributed by atoms with Crippen molar-refractivity contribution in [3.63, 3.8) is 0 Å². The fourth-order valence-electron chi connectivity index (χ4n) is 4.04. The maximum atomic E-state index is 4.64. The van der Waals surface area contributed by atoms with Crippen LogP contribution in [0, 0.1) is 0 Å². The van der Waals surface area contributed by atoms with Crippen molar-refractivity contribution in [2.45, 2.75) is 55.0 Å². The second kappa shape index (κ2) is 9.24. The summed E-state index contributed by atoms with van der Waals surface area (Å²) < 4.78 is 2.28. The fraction of sp³-hybridized carbons (Fsp3) is 0.333. The number of nitrogens with zero attached hydrogens (tertiary/aromatic N) is 3. The van der Waals surface area contributed by atoms with E-state index in [1.165, 1.54) is 43.2 Å². The molecule has 0 N–H and O–H groups in total. The van der Waals surface area contributed by atoms with Crippen LogP contribution in [0.2, 0.25) is 0 Å². The van der Waals surface area contributed by atoms with E-state index in [4.69, 9.17) is 0 Å². The molecule has 1 saturated carbocycles. The van der Waals surface area contributed by atoms with Crippen molar-refractivity contribution in [3.8, 4) is 0 Å². The lowest BCUT2D eigenvalue weighted by molar-refractivity contribution is 0.415. The van der Waals surface area contributed by atoms with Crippen LogP contribution in [0.1, 0.15) is 60.2 Å². The van der Waals surface area contributed by atoms with Crippen molar-refractivity contribution in [2.24, 2.45) is 0 Å². The van der Waals surface area contributed by atoms with Gasteiger partial charge < -0.3 is 4.57 Å². The molecule has 0 spiro atoms. The first-order chi connectivity index (χ1) is 13.9. The monoisotopic (exact) mass is 389 g/mol. The summed E-state index contributed by atoms with van der Waals surface area (Å²) in [6.07, 6.45) is 8.34. The molecular weight excluding hydrogens is 362 g/mol. The average molecular weight is 390 g/mol. The summed E-state index contributed by atoms with van der Waals surface area (Å²) >= 11 is 1.79. The van der Waals surface area contributed by atoms with Gasteiger partial charge in [-0.2, -0.15) is 0 Å². The number of hydrogen-bond acceptors (Lipinski definition) is 3. The minimum atomic E-state index is 0.189. The van der Waals surface area contributed by atoms with Gasteiger partial charge in [0.25, 0.3) is 0 Å². The molecule has 2 aromatic carbocycles. The molecule has 0 radical (unpaired) electrons. The molecule has 0 atom stereocenters. The van der Waals surface area contributed by atoms with Crippen molar-refractivity contribution < 1.29 is 0 Å². The summed E-state index contributed by atoms with van der Waals surface area (Å²) in [6.45, 7) is 4.73. The van der Waals surface area contributed by atoms with Crippen molar-refractivity contribution in [2.75, 3.05) is 0 Å². The molecule has 4 rings (SSSR count). The Morgan fingerprint density at radius 1 is 0.929 bits per heavy atom. The first-order valence-corrected chi connectivity index (χ1v) is 11.1. The van der Waals surface area contributed by atoms with Gasteiger partial charge in [-0.05, 0) is 24.0 Å². The number of benzene rings is 2. The van der Waals surface area contributed by atoms with E-state index >= 15 is 0 Å². The number of allylic oxidation sites excluding steroid dienone is 1. The summed E-state index contributed by atoms with van der Waals surface area (Å²) in [5.74, 6) is 1.67. The molecule has 0 aliphatic heterocycles. The largest absolute Gasteiger partial charge is 0.302 e. The molecule has 0 unspecified atom stereocenters. The Kier molecular flexibility index (Phi) is 6.27. The van der Waals surface area contributed by atoms with Gasteiger partial charge in [-0.25, -0.2) is 0 Å². The molecule has 3 nitrogen and oxygen atoms in total. The lowest BCUT2D eigenvalue weighted by atomic mass is 9.89. The van der Waals surface area contributed by atoms with Crippen molar-refractivity contribution >= 4 is 11.8 Å². The van der Waals surface area contributed by atoms with E-state index in [9.17, 15) is 0 Å². The van der Waals surface area contributed by atoms with Crippen molar-refractivity contribution in [3.05, 3.63) is 90.3 Å². The lowest BCUT2D eigenvalue weighted by Gasteiger charge is -2.22. The van der Waals surface area contributed by atoms with E-state index < -0.39 is 0 Å². The minimum Gasteiger partial charge on any atom is -0.302 e. The highest BCUT2D eigenvalue weighted by molar-refractivity contribution is 7.99. The Labute approximate surface area is 171 Å². The molecule has 4 heteroatoms. The highest BCUT2D eigenvalue weighted by atomic mass is 32.2.